The molecule has 2 fully saturated rings. The number of carbonyl (C=O) groups is 2. The Morgan fingerprint density at radius 1 is 1.16 bits per heavy atom. The molecule has 2 saturated heterocycles. The third-order valence-corrected chi connectivity index (χ3v) is 7.49. The van der Waals surface area contributed by atoms with E-state index in [1.165, 1.54) is 6.07 Å². The van der Waals surface area contributed by atoms with Crippen LogP contribution in [0.15, 0.2) is 29.2 Å². The number of ether oxygens (including phenoxy) is 2. The van der Waals surface area contributed by atoms with E-state index in [0.717, 1.165) is 22.5 Å². The number of halogens is 3. The van der Waals surface area contributed by atoms with E-state index in [-0.39, 0.29) is 37.9 Å². The molecule has 0 spiro atoms. The largest absolute Gasteiger partial charge is 0.455 e. The Morgan fingerprint density at radius 3 is 2.44 bits per heavy atom. The average molecular weight is 478 g/mol. The lowest BCUT2D eigenvalue weighted by Crippen LogP contribution is -2.46. The van der Waals surface area contributed by atoms with Gasteiger partial charge in [-0.25, -0.2) is 8.42 Å². The van der Waals surface area contributed by atoms with Crippen LogP contribution in [0.1, 0.15) is 25.3 Å². The minimum absolute atomic E-state index is 0.0923. The second-order valence-corrected chi connectivity index (χ2v) is 9.71. The maximum Gasteiger partial charge on any atom is 0.417 e. The molecule has 1 aromatic carbocycles. The van der Waals surface area contributed by atoms with Crippen LogP contribution in [0, 0.1) is 5.92 Å². The molecule has 32 heavy (non-hydrogen) atoms. The summed E-state index contributed by atoms with van der Waals surface area (Å²) in [6, 6.07) is 4.02. The molecule has 12 heteroatoms. The number of hydrogen-bond donors (Lipinski definition) is 0. The number of esters is 1. The molecule has 1 amide bonds. The lowest BCUT2D eigenvalue weighted by molar-refractivity contribution is -0.158. The van der Waals surface area contributed by atoms with Crippen molar-refractivity contribution in [3.8, 4) is 0 Å². The van der Waals surface area contributed by atoms with Crippen LogP contribution in [0.5, 0.6) is 0 Å². The molecule has 2 aliphatic rings. The highest BCUT2D eigenvalue weighted by Crippen LogP contribution is 2.36. The monoisotopic (exact) mass is 478 g/mol. The number of rotatable bonds is 5. The lowest BCUT2D eigenvalue weighted by Gasteiger charge is -2.32. The number of sulfonamides is 1. The van der Waals surface area contributed by atoms with Crippen molar-refractivity contribution in [2.24, 2.45) is 5.92 Å². The quantitative estimate of drug-likeness (QED) is 0.601. The summed E-state index contributed by atoms with van der Waals surface area (Å²) in [6.07, 6.45) is -4.72. The molecule has 0 radical (unpaired) electrons. The molecule has 1 aromatic rings. The first kappa shape index (κ1) is 24.5. The Bertz CT molecular complexity index is 945. The van der Waals surface area contributed by atoms with E-state index in [9.17, 15) is 31.2 Å². The number of alkyl halides is 3. The predicted octanol–water partition coefficient (Wildman–Crippen LogP) is 1.90. The van der Waals surface area contributed by atoms with Crippen molar-refractivity contribution in [3.05, 3.63) is 29.8 Å². The van der Waals surface area contributed by atoms with Gasteiger partial charge in [0.15, 0.2) is 6.61 Å². The lowest BCUT2D eigenvalue weighted by atomic mass is 9.98. The van der Waals surface area contributed by atoms with E-state index in [1.807, 2.05) is 6.92 Å². The second-order valence-electron chi connectivity index (χ2n) is 7.80. The highest BCUT2D eigenvalue weighted by Gasteiger charge is 2.40. The minimum atomic E-state index is -4.81. The third-order valence-electron chi connectivity index (χ3n) is 5.53. The van der Waals surface area contributed by atoms with Gasteiger partial charge in [0.25, 0.3) is 5.91 Å². The van der Waals surface area contributed by atoms with Crippen LogP contribution in [0.3, 0.4) is 0 Å². The number of piperidine rings is 1. The van der Waals surface area contributed by atoms with Crippen molar-refractivity contribution >= 4 is 21.9 Å². The van der Waals surface area contributed by atoms with Gasteiger partial charge < -0.3 is 14.4 Å². The van der Waals surface area contributed by atoms with Crippen LogP contribution in [0.2, 0.25) is 0 Å². The molecule has 8 nitrogen and oxygen atoms in total. The summed E-state index contributed by atoms with van der Waals surface area (Å²) in [5.74, 6) is -1.58. The molecule has 3 rings (SSSR count). The highest BCUT2D eigenvalue weighted by molar-refractivity contribution is 7.89. The van der Waals surface area contributed by atoms with Gasteiger partial charge in [-0.15, -0.1) is 0 Å². The summed E-state index contributed by atoms with van der Waals surface area (Å²) in [7, 11) is -4.38. The number of amides is 1. The van der Waals surface area contributed by atoms with Crippen LogP contribution in [0.25, 0.3) is 0 Å². The molecule has 0 aromatic heterocycles. The highest BCUT2D eigenvalue weighted by atomic mass is 32.2. The van der Waals surface area contributed by atoms with Crippen LogP contribution < -0.4 is 0 Å². The van der Waals surface area contributed by atoms with E-state index < -0.39 is 45.2 Å². The van der Waals surface area contributed by atoms with Gasteiger partial charge in [-0.3, -0.25) is 9.59 Å². The van der Waals surface area contributed by atoms with E-state index in [2.05, 4.69) is 0 Å². The molecule has 1 atom stereocenters. The van der Waals surface area contributed by atoms with E-state index in [4.69, 9.17) is 9.47 Å². The van der Waals surface area contributed by atoms with Crippen LogP contribution >= 0.6 is 0 Å². The van der Waals surface area contributed by atoms with Crippen molar-refractivity contribution in [2.45, 2.75) is 36.9 Å². The van der Waals surface area contributed by atoms with Crippen molar-refractivity contribution in [3.63, 3.8) is 0 Å². The molecule has 0 saturated carbocycles. The molecular weight excluding hydrogens is 453 g/mol. The van der Waals surface area contributed by atoms with Crippen LogP contribution in [-0.4, -0.2) is 75.0 Å². The Hall–Kier alpha value is -2.18. The first-order valence-corrected chi connectivity index (χ1v) is 11.7. The fourth-order valence-corrected chi connectivity index (χ4v) is 5.47. The summed E-state index contributed by atoms with van der Waals surface area (Å²) >= 11 is 0. The number of hydrogen-bond acceptors (Lipinski definition) is 6. The smallest absolute Gasteiger partial charge is 0.417 e. The van der Waals surface area contributed by atoms with Gasteiger partial charge >= 0.3 is 12.1 Å². The van der Waals surface area contributed by atoms with Crippen molar-refractivity contribution in [2.75, 3.05) is 39.4 Å². The van der Waals surface area contributed by atoms with Crippen LogP contribution in [0.4, 0.5) is 13.2 Å². The summed E-state index contributed by atoms with van der Waals surface area (Å²) in [5.41, 5.74) is -1.22. The van der Waals surface area contributed by atoms with Gasteiger partial charge in [-0.1, -0.05) is 12.1 Å². The standard InChI is InChI=1S/C20H25F3N2O6S/c1-14-12-24(10-11-30-14)18(26)13-31-19(27)15-6-8-25(9-7-15)32(28,29)17-5-3-2-4-16(17)20(21,22)23/h2-5,14-15H,6-13H2,1H3. The zero-order valence-electron chi connectivity index (χ0n) is 17.5. The van der Waals surface area contributed by atoms with Gasteiger partial charge in [0.05, 0.1) is 29.1 Å². The maximum absolute atomic E-state index is 13.2. The molecular formula is C20H25F3N2O6S. The van der Waals surface area contributed by atoms with E-state index in [1.54, 1.807) is 4.90 Å². The number of morpholine rings is 1. The fourth-order valence-electron chi connectivity index (χ4n) is 3.78. The van der Waals surface area contributed by atoms with E-state index >= 15 is 0 Å². The maximum atomic E-state index is 13.2. The molecule has 178 valence electrons. The van der Waals surface area contributed by atoms with E-state index in [0.29, 0.717) is 19.7 Å². The van der Waals surface area contributed by atoms with Crippen molar-refractivity contribution in [1.29, 1.82) is 0 Å². The van der Waals surface area contributed by atoms with Gasteiger partial charge in [0, 0.05) is 26.2 Å². The summed E-state index contributed by atoms with van der Waals surface area (Å²) in [4.78, 5) is 25.3. The molecule has 0 aliphatic carbocycles. The van der Waals surface area contributed by atoms with Crippen molar-refractivity contribution in [1.82, 2.24) is 9.21 Å². The zero-order chi connectivity index (χ0) is 23.5. The first-order chi connectivity index (χ1) is 15.0. The summed E-state index contributed by atoms with van der Waals surface area (Å²) < 4.78 is 76.7. The summed E-state index contributed by atoms with van der Waals surface area (Å²) in [6.45, 7) is 2.41. The van der Waals surface area contributed by atoms with Gasteiger partial charge in [-0.05, 0) is 31.9 Å². The molecule has 1 unspecified atom stereocenters. The number of carbonyl (C=O) groups excluding carboxylic acids is 2. The van der Waals surface area contributed by atoms with Gasteiger partial charge in [-0.2, -0.15) is 17.5 Å². The Morgan fingerprint density at radius 2 is 1.81 bits per heavy atom. The number of nitrogens with zero attached hydrogens (tertiary/aromatic N) is 2. The third kappa shape index (κ3) is 5.59. The Balaban J connectivity index is 1.56. The summed E-state index contributed by atoms with van der Waals surface area (Å²) in [5, 5.41) is 0. The zero-order valence-corrected chi connectivity index (χ0v) is 18.3. The Kier molecular flexibility index (Phi) is 7.46. The topological polar surface area (TPSA) is 93.2 Å². The normalized spacial score (nSPS) is 21.4. The molecule has 2 heterocycles. The van der Waals surface area contributed by atoms with Crippen molar-refractivity contribution < 1.29 is 40.7 Å². The second kappa shape index (κ2) is 9.75. The average Bonchev–Trinajstić information content (AvgIpc) is 2.76. The fraction of sp³-hybridized carbons (Fsp3) is 0.600. The molecule has 0 bridgehead atoms. The van der Waals surface area contributed by atoms with Gasteiger partial charge in [0.2, 0.25) is 10.0 Å². The minimum Gasteiger partial charge on any atom is -0.455 e. The van der Waals surface area contributed by atoms with Crippen LogP contribution in [-0.2, 0) is 35.3 Å². The van der Waals surface area contributed by atoms with Gasteiger partial charge in [0.1, 0.15) is 0 Å². The number of benzene rings is 1. The first-order valence-electron chi connectivity index (χ1n) is 10.2. The molecule has 2 aliphatic heterocycles. The predicted molar refractivity (Wildman–Crippen MR) is 106 cm³/mol. The SMILES string of the molecule is CC1CN(C(=O)COC(=O)C2CCN(S(=O)(=O)c3ccccc3C(F)(F)F)CC2)CCO1. The Labute approximate surface area is 184 Å². The molecule has 0 N–H and O–H groups in total.